The zero-order valence-electron chi connectivity index (χ0n) is 11.6. The second-order valence-electron chi connectivity index (χ2n) is 5.34. The van der Waals surface area contributed by atoms with Gasteiger partial charge in [-0.25, -0.2) is 0 Å². The number of halogens is 2. The van der Waals surface area contributed by atoms with Crippen molar-refractivity contribution in [1.82, 2.24) is 0 Å². The first-order chi connectivity index (χ1) is 9.66. The molecule has 1 heterocycles. The molecule has 1 aromatic carbocycles. The Labute approximate surface area is 130 Å². The maximum absolute atomic E-state index is 12.1. The van der Waals surface area contributed by atoms with Crippen LogP contribution in [0.4, 0.5) is 5.69 Å². The second kappa shape index (κ2) is 7.87. The standard InChI is InChI=1S/C15H20Cl2N2O/c16-12-7-6-8-13(15(12)17)18-14(20)11-19-9-4-2-1-3-5-10-19/h6-8H,1-5,9-11H2,(H,18,20)/p+1. The molecule has 0 atom stereocenters. The second-order valence-corrected chi connectivity index (χ2v) is 6.13. The molecule has 1 fully saturated rings. The number of amides is 1. The van der Waals surface area contributed by atoms with Crippen LogP contribution in [-0.4, -0.2) is 25.5 Å². The number of carbonyl (C=O) groups excluding carboxylic acids is 1. The molecule has 0 saturated carbocycles. The summed E-state index contributed by atoms with van der Waals surface area (Å²) in [4.78, 5) is 13.5. The first-order valence-electron chi connectivity index (χ1n) is 7.24. The maximum atomic E-state index is 12.1. The monoisotopic (exact) mass is 315 g/mol. The predicted molar refractivity (Wildman–Crippen MR) is 83.7 cm³/mol. The van der Waals surface area contributed by atoms with E-state index in [1.54, 1.807) is 18.2 Å². The molecule has 1 amide bonds. The Kier molecular flexibility index (Phi) is 6.14. The lowest BCUT2D eigenvalue weighted by Crippen LogP contribution is -3.13. The zero-order valence-corrected chi connectivity index (χ0v) is 13.1. The lowest BCUT2D eigenvalue weighted by atomic mass is 10.1. The summed E-state index contributed by atoms with van der Waals surface area (Å²) >= 11 is 12.0. The van der Waals surface area contributed by atoms with Gasteiger partial charge in [0.25, 0.3) is 5.91 Å². The third-order valence-electron chi connectivity index (χ3n) is 3.70. The molecule has 1 aromatic rings. The Morgan fingerprint density at radius 1 is 1.10 bits per heavy atom. The van der Waals surface area contributed by atoms with E-state index in [4.69, 9.17) is 23.2 Å². The van der Waals surface area contributed by atoms with Crippen LogP contribution >= 0.6 is 23.2 Å². The van der Waals surface area contributed by atoms with Gasteiger partial charge in [-0.05, 0) is 37.8 Å². The van der Waals surface area contributed by atoms with Crippen LogP contribution < -0.4 is 10.2 Å². The van der Waals surface area contributed by atoms with Crippen molar-refractivity contribution in [2.24, 2.45) is 0 Å². The molecule has 3 nitrogen and oxygen atoms in total. The molecule has 0 spiro atoms. The van der Waals surface area contributed by atoms with Crippen molar-refractivity contribution in [3.63, 3.8) is 0 Å². The smallest absolute Gasteiger partial charge is 0.279 e. The fourth-order valence-electron chi connectivity index (χ4n) is 2.60. The van der Waals surface area contributed by atoms with Gasteiger partial charge >= 0.3 is 0 Å². The highest BCUT2D eigenvalue weighted by Crippen LogP contribution is 2.29. The summed E-state index contributed by atoms with van der Waals surface area (Å²) in [5, 5.41) is 3.73. The molecule has 0 radical (unpaired) electrons. The quantitative estimate of drug-likeness (QED) is 0.883. The van der Waals surface area contributed by atoms with Crippen LogP contribution in [0.1, 0.15) is 32.1 Å². The van der Waals surface area contributed by atoms with Crippen LogP contribution in [0.2, 0.25) is 10.0 Å². The normalized spacial score (nSPS) is 17.3. The molecule has 20 heavy (non-hydrogen) atoms. The first kappa shape index (κ1) is 15.6. The molecule has 0 aliphatic carbocycles. The van der Waals surface area contributed by atoms with Gasteiger partial charge in [-0.15, -0.1) is 0 Å². The SMILES string of the molecule is O=C(C[NH+]1CCCCCCC1)Nc1cccc(Cl)c1Cl. The highest BCUT2D eigenvalue weighted by Gasteiger charge is 2.16. The molecule has 0 unspecified atom stereocenters. The van der Waals surface area contributed by atoms with Crippen molar-refractivity contribution >= 4 is 34.8 Å². The highest BCUT2D eigenvalue weighted by atomic mass is 35.5. The molecule has 2 rings (SSSR count). The number of benzene rings is 1. The lowest BCUT2D eigenvalue weighted by molar-refractivity contribution is -0.892. The van der Waals surface area contributed by atoms with Crippen LogP contribution in [0.15, 0.2) is 18.2 Å². The van der Waals surface area contributed by atoms with Crippen LogP contribution in [0.3, 0.4) is 0 Å². The summed E-state index contributed by atoms with van der Waals surface area (Å²) in [6.07, 6.45) is 6.31. The fourth-order valence-corrected chi connectivity index (χ4v) is 2.95. The molecule has 0 bridgehead atoms. The number of anilines is 1. The average molecular weight is 316 g/mol. The van der Waals surface area contributed by atoms with E-state index in [-0.39, 0.29) is 5.91 Å². The van der Waals surface area contributed by atoms with Crippen molar-refractivity contribution in [1.29, 1.82) is 0 Å². The van der Waals surface area contributed by atoms with E-state index in [0.29, 0.717) is 22.3 Å². The Hall–Kier alpha value is -0.770. The van der Waals surface area contributed by atoms with E-state index in [1.807, 2.05) is 0 Å². The van der Waals surface area contributed by atoms with Crippen LogP contribution in [0.5, 0.6) is 0 Å². The van der Waals surface area contributed by atoms with E-state index in [1.165, 1.54) is 37.0 Å². The van der Waals surface area contributed by atoms with Gasteiger partial charge in [-0.2, -0.15) is 0 Å². The van der Waals surface area contributed by atoms with Crippen molar-refractivity contribution in [3.8, 4) is 0 Å². The fraction of sp³-hybridized carbons (Fsp3) is 0.533. The molecular weight excluding hydrogens is 295 g/mol. The minimum Gasteiger partial charge on any atom is -0.327 e. The number of rotatable bonds is 3. The van der Waals surface area contributed by atoms with Crippen molar-refractivity contribution in [2.75, 3.05) is 25.0 Å². The Morgan fingerprint density at radius 3 is 2.45 bits per heavy atom. The molecule has 2 N–H and O–H groups in total. The minimum absolute atomic E-state index is 0.00439. The van der Waals surface area contributed by atoms with Gasteiger partial charge in [0.2, 0.25) is 0 Å². The predicted octanol–water partition coefficient (Wildman–Crippen LogP) is 2.78. The topological polar surface area (TPSA) is 33.5 Å². The third-order valence-corrected chi connectivity index (χ3v) is 4.52. The van der Waals surface area contributed by atoms with Crippen LogP contribution in [0, 0.1) is 0 Å². The average Bonchev–Trinajstić information content (AvgIpc) is 2.38. The Bertz CT molecular complexity index is 457. The number of likely N-dealkylation sites (tertiary alicyclic amines) is 1. The van der Waals surface area contributed by atoms with Crippen LogP contribution in [0.25, 0.3) is 0 Å². The summed E-state index contributed by atoms with van der Waals surface area (Å²) < 4.78 is 0. The Morgan fingerprint density at radius 2 is 1.75 bits per heavy atom. The van der Waals surface area contributed by atoms with E-state index in [0.717, 1.165) is 13.1 Å². The van der Waals surface area contributed by atoms with Gasteiger partial charge in [0.15, 0.2) is 6.54 Å². The van der Waals surface area contributed by atoms with Gasteiger partial charge in [0.05, 0.1) is 28.8 Å². The van der Waals surface area contributed by atoms with Crippen LogP contribution in [-0.2, 0) is 4.79 Å². The van der Waals surface area contributed by atoms with Gasteiger partial charge in [-0.1, -0.05) is 35.7 Å². The van der Waals surface area contributed by atoms with Gasteiger partial charge < -0.3 is 10.2 Å². The van der Waals surface area contributed by atoms with E-state index in [2.05, 4.69) is 5.32 Å². The van der Waals surface area contributed by atoms with Gasteiger partial charge in [-0.3, -0.25) is 4.79 Å². The molecule has 1 aliphatic heterocycles. The van der Waals surface area contributed by atoms with Crippen molar-refractivity contribution in [3.05, 3.63) is 28.2 Å². The number of quaternary nitrogens is 1. The molecule has 1 aliphatic rings. The van der Waals surface area contributed by atoms with E-state index < -0.39 is 0 Å². The first-order valence-corrected chi connectivity index (χ1v) is 8.00. The van der Waals surface area contributed by atoms with E-state index >= 15 is 0 Å². The summed E-state index contributed by atoms with van der Waals surface area (Å²) in [5.41, 5.74) is 0.593. The molecule has 1 saturated heterocycles. The largest absolute Gasteiger partial charge is 0.327 e. The maximum Gasteiger partial charge on any atom is 0.279 e. The number of hydrogen-bond acceptors (Lipinski definition) is 1. The number of carbonyl (C=O) groups is 1. The number of nitrogens with one attached hydrogen (secondary N) is 2. The molecule has 5 heteroatoms. The summed E-state index contributed by atoms with van der Waals surface area (Å²) in [5.74, 6) is 0.00439. The van der Waals surface area contributed by atoms with Crippen molar-refractivity contribution in [2.45, 2.75) is 32.1 Å². The summed E-state index contributed by atoms with van der Waals surface area (Å²) in [6.45, 7) is 2.66. The van der Waals surface area contributed by atoms with E-state index in [9.17, 15) is 4.79 Å². The van der Waals surface area contributed by atoms with Crippen molar-refractivity contribution < 1.29 is 9.69 Å². The lowest BCUT2D eigenvalue weighted by Gasteiger charge is -2.21. The van der Waals surface area contributed by atoms with Gasteiger partial charge in [0, 0.05) is 0 Å². The molecule has 110 valence electrons. The summed E-state index contributed by atoms with van der Waals surface area (Å²) in [6, 6.07) is 5.27. The molecule has 0 aromatic heterocycles. The third kappa shape index (κ3) is 4.65. The number of hydrogen-bond donors (Lipinski definition) is 2. The zero-order chi connectivity index (χ0) is 14.4. The highest BCUT2D eigenvalue weighted by molar-refractivity contribution is 6.43. The summed E-state index contributed by atoms with van der Waals surface area (Å²) in [7, 11) is 0. The minimum atomic E-state index is 0.00439. The Balaban J connectivity index is 1.89. The van der Waals surface area contributed by atoms with Gasteiger partial charge in [0.1, 0.15) is 0 Å². The molecular formula is C15H21Cl2N2O+.